The van der Waals surface area contributed by atoms with Crippen molar-refractivity contribution < 1.29 is 23.1 Å². The number of alkyl halides is 3. The summed E-state index contributed by atoms with van der Waals surface area (Å²) in [5, 5.41) is 8.69. The molecule has 0 spiro atoms. The van der Waals surface area contributed by atoms with Gasteiger partial charge in [0.25, 0.3) is 0 Å². The van der Waals surface area contributed by atoms with Gasteiger partial charge in [-0.1, -0.05) is 0 Å². The maximum absolute atomic E-state index is 13.1. The van der Waals surface area contributed by atoms with Crippen molar-refractivity contribution in [3.05, 3.63) is 17.0 Å². The Bertz CT molecular complexity index is 531. The Balaban J connectivity index is 2.47. The fourth-order valence-electron chi connectivity index (χ4n) is 2.26. The molecule has 2 rings (SSSR count). The van der Waals surface area contributed by atoms with Gasteiger partial charge >= 0.3 is 12.1 Å². The summed E-state index contributed by atoms with van der Waals surface area (Å²) in [5.41, 5.74) is -0.406. The second-order valence-corrected chi connectivity index (χ2v) is 4.75. The van der Waals surface area contributed by atoms with E-state index in [2.05, 4.69) is 9.97 Å². The summed E-state index contributed by atoms with van der Waals surface area (Å²) in [7, 11) is 1.36. The number of likely N-dealkylation sites (N-methyl/N-ethyl adjacent to an activating group) is 1. The molecule has 8 heteroatoms. The lowest BCUT2D eigenvalue weighted by molar-refractivity contribution is -0.142. The van der Waals surface area contributed by atoms with Gasteiger partial charge in [-0.2, -0.15) is 13.2 Å². The van der Waals surface area contributed by atoms with Crippen molar-refractivity contribution in [1.29, 1.82) is 0 Å². The van der Waals surface area contributed by atoms with E-state index in [-0.39, 0.29) is 11.5 Å². The second-order valence-electron chi connectivity index (χ2n) is 4.75. The summed E-state index contributed by atoms with van der Waals surface area (Å²) in [6.45, 7) is -0.448. The standard InChI is InChI=1S/C12H14F3N3O2/c1-18(6-9(19)20)11-16-8-5-3-2-4-7(8)10(17-11)12(13,14)15/h2-6H2,1H3,(H,19,20). The number of aromatic nitrogens is 2. The van der Waals surface area contributed by atoms with Crippen LogP contribution in [0, 0.1) is 0 Å². The van der Waals surface area contributed by atoms with Crippen LogP contribution >= 0.6 is 0 Å². The van der Waals surface area contributed by atoms with Gasteiger partial charge in [0.1, 0.15) is 6.54 Å². The van der Waals surface area contributed by atoms with E-state index in [1.165, 1.54) is 7.05 Å². The molecule has 20 heavy (non-hydrogen) atoms. The minimum Gasteiger partial charge on any atom is -0.480 e. The Morgan fingerprint density at radius 2 is 1.95 bits per heavy atom. The molecule has 0 saturated carbocycles. The summed E-state index contributed by atoms with van der Waals surface area (Å²) in [6.07, 6.45) is -2.31. The minimum atomic E-state index is -4.55. The average Bonchev–Trinajstić information content (AvgIpc) is 2.35. The molecular formula is C12H14F3N3O2. The van der Waals surface area contributed by atoms with Gasteiger partial charge in [-0.05, 0) is 25.7 Å². The number of aryl methyl sites for hydroxylation is 1. The molecule has 1 aromatic heterocycles. The van der Waals surface area contributed by atoms with Crippen molar-refractivity contribution in [3.8, 4) is 0 Å². The Morgan fingerprint density at radius 3 is 2.55 bits per heavy atom. The average molecular weight is 289 g/mol. The van der Waals surface area contributed by atoms with Crippen molar-refractivity contribution in [2.45, 2.75) is 31.9 Å². The molecule has 0 saturated heterocycles. The van der Waals surface area contributed by atoms with Crippen molar-refractivity contribution in [1.82, 2.24) is 9.97 Å². The molecule has 1 heterocycles. The van der Waals surface area contributed by atoms with Gasteiger partial charge in [-0.3, -0.25) is 4.79 Å². The van der Waals surface area contributed by atoms with E-state index in [9.17, 15) is 18.0 Å². The van der Waals surface area contributed by atoms with Gasteiger partial charge in [0.05, 0.1) is 0 Å². The molecule has 0 atom stereocenters. The lowest BCUT2D eigenvalue weighted by atomic mass is 9.94. The Hall–Kier alpha value is -1.86. The van der Waals surface area contributed by atoms with E-state index in [1.54, 1.807) is 0 Å². The first kappa shape index (κ1) is 14.5. The van der Waals surface area contributed by atoms with Crippen LogP contribution < -0.4 is 4.90 Å². The molecule has 0 aromatic carbocycles. The van der Waals surface area contributed by atoms with Crippen LogP contribution in [0.25, 0.3) is 0 Å². The summed E-state index contributed by atoms with van der Waals surface area (Å²) < 4.78 is 39.2. The normalized spacial score (nSPS) is 14.8. The Kier molecular flexibility index (Phi) is 3.82. The third kappa shape index (κ3) is 3.00. The first-order chi connectivity index (χ1) is 9.29. The lowest BCUT2D eigenvalue weighted by Gasteiger charge is -2.23. The number of nitrogens with zero attached hydrogens (tertiary/aromatic N) is 3. The molecule has 5 nitrogen and oxygen atoms in total. The molecule has 1 aliphatic rings. The molecule has 1 aromatic rings. The highest BCUT2D eigenvalue weighted by atomic mass is 19.4. The molecule has 0 radical (unpaired) electrons. The third-order valence-corrected chi connectivity index (χ3v) is 3.15. The topological polar surface area (TPSA) is 66.3 Å². The highest BCUT2D eigenvalue weighted by molar-refractivity contribution is 5.72. The number of carboxylic acids is 1. The van der Waals surface area contributed by atoms with Gasteiger partial charge in [-0.25, -0.2) is 9.97 Å². The van der Waals surface area contributed by atoms with E-state index in [0.717, 1.165) is 11.3 Å². The zero-order valence-electron chi connectivity index (χ0n) is 10.9. The highest BCUT2D eigenvalue weighted by Gasteiger charge is 2.38. The number of rotatable bonds is 3. The largest absolute Gasteiger partial charge is 0.480 e. The van der Waals surface area contributed by atoms with Gasteiger partial charge in [0.2, 0.25) is 5.95 Å². The van der Waals surface area contributed by atoms with Crippen LogP contribution in [-0.2, 0) is 23.8 Å². The van der Waals surface area contributed by atoms with Crippen molar-refractivity contribution in [2.24, 2.45) is 0 Å². The van der Waals surface area contributed by atoms with Crippen LogP contribution in [0.1, 0.15) is 29.8 Å². The number of halogens is 3. The number of carboxylic acid groups (broad SMARTS) is 1. The van der Waals surface area contributed by atoms with Crippen LogP contribution in [0.4, 0.5) is 19.1 Å². The summed E-state index contributed by atoms with van der Waals surface area (Å²) >= 11 is 0. The third-order valence-electron chi connectivity index (χ3n) is 3.15. The molecule has 0 unspecified atom stereocenters. The van der Waals surface area contributed by atoms with Crippen molar-refractivity contribution in [3.63, 3.8) is 0 Å². The summed E-state index contributed by atoms with van der Waals surface area (Å²) in [4.78, 5) is 19.4. The Labute approximate surface area is 113 Å². The summed E-state index contributed by atoms with van der Waals surface area (Å²) in [6, 6.07) is 0. The van der Waals surface area contributed by atoms with Gasteiger partial charge in [0, 0.05) is 18.3 Å². The fourth-order valence-corrected chi connectivity index (χ4v) is 2.26. The van der Waals surface area contributed by atoms with E-state index in [4.69, 9.17) is 5.11 Å². The number of aliphatic carboxylic acids is 1. The maximum atomic E-state index is 13.1. The minimum absolute atomic E-state index is 0.149. The molecular weight excluding hydrogens is 275 g/mol. The van der Waals surface area contributed by atoms with Crippen LogP contribution in [0.2, 0.25) is 0 Å². The quantitative estimate of drug-likeness (QED) is 0.920. The lowest BCUT2D eigenvalue weighted by Crippen LogP contribution is -2.29. The van der Waals surface area contributed by atoms with Crippen LogP contribution in [-0.4, -0.2) is 34.6 Å². The molecule has 0 aliphatic heterocycles. The zero-order chi connectivity index (χ0) is 14.9. The monoisotopic (exact) mass is 289 g/mol. The molecule has 1 aliphatic carbocycles. The highest BCUT2D eigenvalue weighted by Crippen LogP contribution is 2.35. The van der Waals surface area contributed by atoms with Gasteiger partial charge < -0.3 is 10.0 Å². The summed E-state index contributed by atoms with van der Waals surface area (Å²) in [5.74, 6) is -1.34. The van der Waals surface area contributed by atoms with Crippen LogP contribution in [0.3, 0.4) is 0 Å². The van der Waals surface area contributed by atoms with Crippen molar-refractivity contribution in [2.75, 3.05) is 18.5 Å². The number of anilines is 1. The molecule has 0 fully saturated rings. The molecule has 0 bridgehead atoms. The first-order valence-electron chi connectivity index (χ1n) is 6.19. The Morgan fingerprint density at radius 1 is 1.30 bits per heavy atom. The predicted octanol–water partition coefficient (Wildman–Crippen LogP) is 1.90. The molecule has 0 amide bonds. The molecule has 110 valence electrons. The smallest absolute Gasteiger partial charge is 0.433 e. The number of hydrogen-bond donors (Lipinski definition) is 1. The molecule has 1 N–H and O–H groups in total. The SMILES string of the molecule is CN(CC(=O)O)c1nc2c(c(C(F)(F)F)n1)CCCC2. The second kappa shape index (κ2) is 5.26. The van der Waals surface area contributed by atoms with Crippen LogP contribution in [0.15, 0.2) is 0 Å². The number of fused-ring (bicyclic) bond motifs is 1. The fraction of sp³-hybridized carbons (Fsp3) is 0.583. The van der Waals surface area contributed by atoms with E-state index in [1.807, 2.05) is 0 Å². The van der Waals surface area contributed by atoms with E-state index < -0.39 is 24.4 Å². The van der Waals surface area contributed by atoms with Crippen LogP contribution in [0.5, 0.6) is 0 Å². The number of carbonyl (C=O) groups is 1. The van der Waals surface area contributed by atoms with Gasteiger partial charge in [-0.15, -0.1) is 0 Å². The maximum Gasteiger partial charge on any atom is 0.433 e. The predicted molar refractivity (Wildman–Crippen MR) is 64.6 cm³/mol. The first-order valence-corrected chi connectivity index (χ1v) is 6.19. The van der Waals surface area contributed by atoms with Gasteiger partial charge in [0.15, 0.2) is 5.69 Å². The number of hydrogen-bond acceptors (Lipinski definition) is 4. The van der Waals surface area contributed by atoms with E-state index >= 15 is 0 Å². The zero-order valence-corrected chi connectivity index (χ0v) is 10.9. The van der Waals surface area contributed by atoms with Crippen molar-refractivity contribution >= 4 is 11.9 Å². The van der Waals surface area contributed by atoms with E-state index in [0.29, 0.717) is 25.0 Å².